The largest absolute Gasteiger partial charge is 0.331 e. The monoisotopic (exact) mass is 485 g/mol. The van der Waals surface area contributed by atoms with E-state index in [9.17, 15) is 17.6 Å². The minimum Gasteiger partial charge on any atom is -0.331 e. The second-order valence-corrected chi connectivity index (χ2v) is 10.7. The Hall–Kier alpha value is -3.27. The van der Waals surface area contributed by atoms with E-state index in [-0.39, 0.29) is 22.8 Å². The smallest absolute Gasteiger partial charge is 0.322 e. The topological polar surface area (TPSA) is 97.2 Å². The highest BCUT2D eigenvalue weighted by Gasteiger charge is 2.32. The molecule has 2 aromatic heterocycles. The molecule has 2 atom stereocenters. The molecule has 3 heterocycles. The second kappa shape index (κ2) is 9.54. The third kappa shape index (κ3) is 4.82. The van der Waals surface area contributed by atoms with Crippen LogP contribution in [0.25, 0.3) is 5.69 Å². The molecule has 2 amide bonds. The molecule has 180 valence electrons. The van der Waals surface area contributed by atoms with Gasteiger partial charge in [-0.05, 0) is 62.1 Å². The van der Waals surface area contributed by atoms with Crippen molar-refractivity contribution < 1.29 is 17.6 Å². The zero-order valence-corrected chi connectivity index (χ0v) is 20.2. The number of nitrogens with zero attached hydrogens (tertiary/aromatic N) is 4. The number of carbonyl (C=O) groups is 1. The number of rotatable bonds is 6. The highest BCUT2D eigenvalue weighted by atomic mass is 32.2. The number of halogens is 1. The van der Waals surface area contributed by atoms with E-state index < -0.39 is 15.9 Å². The van der Waals surface area contributed by atoms with Gasteiger partial charge in [0.25, 0.3) is 0 Å². The van der Waals surface area contributed by atoms with Crippen molar-refractivity contribution in [1.29, 1.82) is 0 Å². The summed E-state index contributed by atoms with van der Waals surface area (Å²) in [6.07, 6.45) is 8.60. The zero-order chi connectivity index (χ0) is 24.5. The Bertz CT molecular complexity index is 1290. The van der Waals surface area contributed by atoms with Crippen molar-refractivity contribution in [2.75, 3.05) is 11.2 Å². The molecule has 0 fully saturated rings. The molecule has 0 bridgehead atoms. The summed E-state index contributed by atoms with van der Waals surface area (Å²) in [5.41, 5.74) is 2.96. The van der Waals surface area contributed by atoms with Gasteiger partial charge in [-0.1, -0.05) is 13.3 Å². The van der Waals surface area contributed by atoms with Gasteiger partial charge in [-0.2, -0.15) is 5.10 Å². The van der Waals surface area contributed by atoms with Crippen LogP contribution in [0, 0.1) is 5.82 Å². The fourth-order valence-electron chi connectivity index (χ4n) is 4.29. The summed E-state index contributed by atoms with van der Waals surface area (Å²) in [7, 11) is -3.42. The second-order valence-electron chi connectivity index (χ2n) is 8.64. The van der Waals surface area contributed by atoms with Gasteiger partial charge < -0.3 is 5.32 Å². The molecule has 0 radical (unpaired) electrons. The number of pyridine rings is 1. The first-order chi connectivity index (χ1) is 16.2. The van der Waals surface area contributed by atoms with Crippen molar-refractivity contribution in [3.05, 3.63) is 66.0 Å². The molecular weight excluding hydrogens is 457 g/mol. The zero-order valence-electron chi connectivity index (χ0n) is 19.4. The van der Waals surface area contributed by atoms with Gasteiger partial charge >= 0.3 is 6.03 Å². The van der Waals surface area contributed by atoms with Gasteiger partial charge in [0, 0.05) is 24.7 Å². The fourth-order valence-corrected chi connectivity index (χ4v) is 4.89. The molecule has 1 aromatic carbocycles. The molecule has 1 aliphatic heterocycles. The fraction of sp³-hybridized carbons (Fsp3) is 0.375. The van der Waals surface area contributed by atoms with Crippen LogP contribution in [-0.4, -0.2) is 41.5 Å². The standard InChI is InChI=1S/C24H28FN5O3S/c1-4-5-21(17-12-20(14-26-13-17)34(3,32)33)28-24(31)29-16(2)6-11-22-23(29)15-27-30(22)19-9-7-18(25)8-10-19/h7-10,12-16,21H,4-6,11H2,1-3H3,(H,28,31)/t16-,21-/m0/s1. The minimum atomic E-state index is -3.42. The third-order valence-corrected chi connectivity index (χ3v) is 7.16. The first-order valence-electron chi connectivity index (χ1n) is 11.3. The van der Waals surface area contributed by atoms with E-state index in [2.05, 4.69) is 15.4 Å². The lowest BCUT2D eigenvalue weighted by Gasteiger charge is -2.34. The van der Waals surface area contributed by atoms with E-state index >= 15 is 0 Å². The SMILES string of the molecule is CCC[C@H](NC(=O)N1c2cnn(-c3ccc(F)cc3)c2CC[C@@H]1C)c1cncc(S(C)(=O)=O)c1. The molecule has 1 aliphatic rings. The number of hydrogen-bond donors (Lipinski definition) is 1. The number of hydrogen-bond acceptors (Lipinski definition) is 5. The Balaban J connectivity index is 1.63. The number of sulfone groups is 1. The third-order valence-electron chi connectivity index (χ3n) is 6.08. The van der Waals surface area contributed by atoms with Crippen LogP contribution in [0.2, 0.25) is 0 Å². The Kier molecular flexibility index (Phi) is 6.70. The van der Waals surface area contributed by atoms with Crippen molar-refractivity contribution >= 4 is 21.6 Å². The van der Waals surface area contributed by atoms with Gasteiger partial charge in [0.2, 0.25) is 0 Å². The Morgan fingerprint density at radius 1 is 1.24 bits per heavy atom. The maximum atomic E-state index is 13.5. The number of nitrogens with one attached hydrogen (secondary N) is 1. The molecule has 0 aliphatic carbocycles. The van der Waals surface area contributed by atoms with Crippen molar-refractivity contribution in [3.8, 4) is 5.69 Å². The lowest BCUT2D eigenvalue weighted by atomic mass is 10.0. The predicted octanol–water partition coefficient (Wildman–Crippen LogP) is 4.20. The van der Waals surface area contributed by atoms with Gasteiger partial charge in [-0.25, -0.2) is 22.3 Å². The van der Waals surface area contributed by atoms with Gasteiger partial charge in [0.15, 0.2) is 9.84 Å². The number of amides is 2. The maximum Gasteiger partial charge on any atom is 0.322 e. The van der Waals surface area contributed by atoms with E-state index in [1.165, 1.54) is 18.3 Å². The summed E-state index contributed by atoms with van der Waals surface area (Å²) in [6.45, 7) is 3.99. The summed E-state index contributed by atoms with van der Waals surface area (Å²) in [5, 5.41) is 7.55. The van der Waals surface area contributed by atoms with E-state index in [1.54, 1.807) is 40.2 Å². The minimum absolute atomic E-state index is 0.0545. The number of fused-ring (bicyclic) bond motifs is 1. The number of aromatic nitrogens is 3. The number of carbonyl (C=O) groups excluding carboxylic acids is 1. The normalized spacial score (nSPS) is 16.7. The summed E-state index contributed by atoms with van der Waals surface area (Å²) < 4.78 is 39.1. The van der Waals surface area contributed by atoms with Gasteiger partial charge in [-0.3, -0.25) is 9.88 Å². The first kappa shape index (κ1) is 23.9. The average molecular weight is 486 g/mol. The Morgan fingerprint density at radius 2 is 1.97 bits per heavy atom. The molecule has 0 spiro atoms. The lowest BCUT2D eigenvalue weighted by molar-refractivity contribution is 0.239. The van der Waals surface area contributed by atoms with E-state index in [4.69, 9.17) is 0 Å². The van der Waals surface area contributed by atoms with E-state index in [1.807, 2.05) is 13.8 Å². The predicted molar refractivity (Wildman–Crippen MR) is 127 cm³/mol. The summed E-state index contributed by atoms with van der Waals surface area (Å²) in [6, 6.07) is 6.92. The maximum absolute atomic E-state index is 13.5. The molecule has 0 saturated heterocycles. The molecule has 0 unspecified atom stereocenters. The van der Waals surface area contributed by atoms with Crippen LogP contribution in [0.1, 0.15) is 50.4 Å². The molecule has 1 N–H and O–H groups in total. The highest BCUT2D eigenvalue weighted by Crippen LogP contribution is 2.33. The molecule has 8 nitrogen and oxygen atoms in total. The molecule has 3 aromatic rings. The van der Waals surface area contributed by atoms with Crippen LogP contribution < -0.4 is 10.2 Å². The van der Waals surface area contributed by atoms with Crippen molar-refractivity contribution in [3.63, 3.8) is 0 Å². The Morgan fingerprint density at radius 3 is 2.65 bits per heavy atom. The van der Waals surface area contributed by atoms with E-state index in [0.717, 1.165) is 36.9 Å². The van der Waals surface area contributed by atoms with Crippen LogP contribution in [0.3, 0.4) is 0 Å². The van der Waals surface area contributed by atoms with Crippen molar-refractivity contribution in [2.24, 2.45) is 0 Å². The lowest BCUT2D eigenvalue weighted by Crippen LogP contribution is -2.48. The molecule has 0 saturated carbocycles. The van der Waals surface area contributed by atoms with E-state index in [0.29, 0.717) is 17.7 Å². The quantitative estimate of drug-likeness (QED) is 0.564. The van der Waals surface area contributed by atoms with Gasteiger partial charge in [0.05, 0.1) is 34.2 Å². The molecule has 4 rings (SSSR count). The van der Waals surface area contributed by atoms with Gasteiger partial charge in [-0.15, -0.1) is 0 Å². The van der Waals surface area contributed by atoms with Crippen molar-refractivity contribution in [2.45, 2.75) is 56.5 Å². The van der Waals surface area contributed by atoms with Crippen LogP contribution in [0.4, 0.5) is 14.9 Å². The molecule has 34 heavy (non-hydrogen) atoms. The Labute approximate surface area is 198 Å². The summed E-state index contributed by atoms with van der Waals surface area (Å²) >= 11 is 0. The van der Waals surface area contributed by atoms with Crippen LogP contribution in [0.5, 0.6) is 0 Å². The number of urea groups is 1. The number of anilines is 1. The summed E-state index contributed by atoms with van der Waals surface area (Å²) in [5.74, 6) is -0.323. The van der Waals surface area contributed by atoms with Crippen LogP contribution in [0.15, 0.2) is 53.8 Å². The summed E-state index contributed by atoms with van der Waals surface area (Å²) in [4.78, 5) is 19.4. The number of benzene rings is 1. The van der Waals surface area contributed by atoms with Crippen molar-refractivity contribution in [1.82, 2.24) is 20.1 Å². The average Bonchev–Trinajstić information content (AvgIpc) is 3.22. The molecular formula is C24H28FN5O3S. The van der Waals surface area contributed by atoms with Crippen LogP contribution in [-0.2, 0) is 16.3 Å². The van der Waals surface area contributed by atoms with Crippen LogP contribution >= 0.6 is 0 Å². The first-order valence-corrected chi connectivity index (χ1v) is 13.2. The molecule has 10 heteroatoms. The highest BCUT2D eigenvalue weighted by molar-refractivity contribution is 7.90. The van der Waals surface area contributed by atoms with Gasteiger partial charge in [0.1, 0.15) is 5.82 Å².